The number of aryl methyl sites for hydroxylation is 1. The number of aromatic nitrogens is 4. The highest BCUT2D eigenvalue weighted by Crippen LogP contribution is 2.17. The molecule has 4 heterocycles. The van der Waals surface area contributed by atoms with Gasteiger partial charge in [0.15, 0.2) is 0 Å². The smallest absolute Gasteiger partial charge is 0.264 e. The lowest BCUT2D eigenvalue weighted by Gasteiger charge is -2.32. The van der Waals surface area contributed by atoms with Crippen LogP contribution in [0.4, 0.5) is 5.69 Å². The monoisotopic (exact) mass is 352 g/mol. The van der Waals surface area contributed by atoms with Gasteiger partial charge in [-0.15, -0.1) is 0 Å². The Morgan fingerprint density at radius 3 is 2.73 bits per heavy atom. The molecule has 1 saturated heterocycles. The summed E-state index contributed by atoms with van der Waals surface area (Å²) in [5.74, 6) is -0.247. The zero-order valence-electron chi connectivity index (χ0n) is 14.5. The molecule has 0 aliphatic carbocycles. The highest BCUT2D eigenvalue weighted by molar-refractivity contribution is 5.93. The minimum absolute atomic E-state index is 0.126. The Balaban J connectivity index is 1.45. The van der Waals surface area contributed by atoms with E-state index >= 15 is 0 Å². The summed E-state index contributed by atoms with van der Waals surface area (Å²) in [5, 5.41) is 7.72. The van der Waals surface area contributed by atoms with E-state index < -0.39 is 0 Å². The van der Waals surface area contributed by atoms with E-state index in [0.29, 0.717) is 24.8 Å². The van der Waals surface area contributed by atoms with Gasteiger partial charge in [0.2, 0.25) is 0 Å². The molecule has 2 N–H and O–H groups in total. The van der Waals surface area contributed by atoms with Crippen LogP contribution in [0.25, 0.3) is 5.65 Å². The molecule has 1 amide bonds. The number of H-pyrrole nitrogens is 1. The van der Waals surface area contributed by atoms with E-state index in [-0.39, 0.29) is 17.0 Å². The predicted molar refractivity (Wildman–Crippen MR) is 97.3 cm³/mol. The van der Waals surface area contributed by atoms with Crippen LogP contribution >= 0.6 is 0 Å². The maximum atomic E-state index is 12.8. The number of carbonyl (C=O) groups is 1. The summed E-state index contributed by atoms with van der Waals surface area (Å²) in [7, 11) is 0. The molecule has 26 heavy (non-hydrogen) atoms. The molecule has 0 aromatic carbocycles. The summed E-state index contributed by atoms with van der Waals surface area (Å²) in [6.45, 7) is 3.06. The van der Waals surface area contributed by atoms with Crippen molar-refractivity contribution < 1.29 is 4.79 Å². The third-order valence-electron chi connectivity index (χ3n) is 4.66. The third-order valence-corrected chi connectivity index (χ3v) is 4.66. The second-order valence-electron chi connectivity index (χ2n) is 6.56. The van der Waals surface area contributed by atoms with Gasteiger partial charge in [0.05, 0.1) is 5.69 Å². The molecule has 3 aromatic rings. The highest BCUT2D eigenvalue weighted by atomic mass is 16.2. The van der Waals surface area contributed by atoms with Crippen molar-refractivity contribution in [2.24, 2.45) is 0 Å². The number of anilines is 1. The fourth-order valence-corrected chi connectivity index (χ4v) is 3.31. The number of likely N-dealkylation sites (tertiary alicyclic amines) is 1. The number of carbonyl (C=O) groups excluding carboxylic acids is 1. The summed E-state index contributed by atoms with van der Waals surface area (Å²) in [4.78, 5) is 33.5. The standard InChI is InChI=1S/C18H20N6O2/c1-12-10-16-21-17(25)15(11-24(16)22-12)18(26)23-8-4-14(5-9-23)20-13-2-6-19-7-3-13/h2-3,6-7,10-11,14H,4-5,8-9H2,1H3,(H,19,20)(H,21,25). The van der Waals surface area contributed by atoms with Crippen LogP contribution in [0, 0.1) is 6.92 Å². The Bertz CT molecular complexity index is 986. The van der Waals surface area contributed by atoms with Crippen LogP contribution in [0.5, 0.6) is 0 Å². The van der Waals surface area contributed by atoms with Crippen molar-refractivity contribution in [2.75, 3.05) is 18.4 Å². The topological polar surface area (TPSA) is 95.4 Å². The molecular weight excluding hydrogens is 332 g/mol. The van der Waals surface area contributed by atoms with E-state index in [9.17, 15) is 9.59 Å². The first-order valence-electron chi connectivity index (χ1n) is 8.65. The van der Waals surface area contributed by atoms with Gasteiger partial charge in [-0.25, -0.2) is 4.52 Å². The molecule has 0 atom stereocenters. The number of hydrogen-bond donors (Lipinski definition) is 2. The quantitative estimate of drug-likeness (QED) is 0.744. The minimum Gasteiger partial charge on any atom is -0.382 e. The van der Waals surface area contributed by atoms with E-state index in [4.69, 9.17) is 0 Å². The molecular formula is C18H20N6O2. The van der Waals surface area contributed by atoms with Gasteiger partial charge < -0.3 is 15.2 Å². The molecule has 0 bridgehead atoms. The van der Waals surface area contributed by atoms with Crippen molar-refractivity contribution in [3.05, 3.63) is 58.4 Å². The zero-order chi connectivity index (χ0) is 18.1. The van der Waals surface area contributed by atoms with Crippen molar-refractivity contribution in [1.29, 1.82) is 0 Å². The normalized spacial score (nSPS) is 15.3. The number of nitrogens with one attached hydrogen (secondary N) is 2. The fraction of sp³-hybridized carbons (Fsp3) is 0.333. The highest BCUT2D eigenvalue weighted by Gasteiger charge is 2.25. The lowest BCUT2D eigenvalue weighted by Crippen LogP contribution is -2.44. The fourth-order valence-electron chi connectivity index (χ4n) is 3.31. The SMILES string of the molecule is Cc1cc2[nH]c(=O)c(C(=O)N3CCC(Nc4ccncc4)CC3)cn2n1. The number of nitrogens with zero attached hydrogens (tertiary/aromatic N) is 4. The molecule has 1 fully saturated rings. The van der Waals surface area contributed by atoms with Crippen LogP contribution in [-0.4, -0.2) is 49.5 Å². The molecule has 3 aromatic heterocycles. The number of hydrogen-bond acceptors (Lipinski definition) is 5. The van der Waals surface area contributed by atoms with Crippen molar-refractivity contribution >= 4 is 17.2 Å². The summed E-state index contributed by atoms with van der Waals surface area (Å²) in [6, 6.07) is 5.93. The Hall–Kier alpha value is -3.16. The largest absolute Gasteiger partial charge is 0.382 e. The van der Waals surface area contributed by atoms with Crippen molar-refractivity contribution in [3.8, 4) is 0 Å². The third kappa shape index (κ3) is 3.17. The molecule has 0 saturated carbocycles. The van der Waals surface area contributed by atoms with Crippen LogP contribution in [0.1, 0.15) is 28.9 Å². The Kier molecular flexibility index (Phi) is 4.16. The maximum Gasteiger partial charge on any atom is 0.264 e. The van der Waals surface area contributed by atoms with E-state index in [0.717, 1.165) is 24.2 Å². The molecule has 134 valence electrons. The van der Waals surface area contributed by atoms with Gasteiger partial charge in [-0.1, -0.05) is 0 Å². The second-order valence-corrected chi connectivity index (χ2v) is 6.56. The molecule has 0 spiro atoms. The van der Waals surface area contributed by atoms with Crippen LogP contribution < -0.4 is 10.9 Å². The Labute approximate surface area is 149 Å². The van der Waals surface area contributed by atoms with Gasteiger partial charge >= 0.3 is 0 Å². The summed E-state index contributed by atoms with van der Waals surface area (Å²) in [6.07, 6.45) is 6.68. The summed E-state index contributed by atoms with van der Waals surface area (Å²) in [5.41, 5.74) is 2.15. The molecule has 8 heteroatoms. The Morgan fingerprint density at radius 2 is 2.00 bits per heavy atom. The number of aromatic amines is 1. The Morgan fingerprint density at radius 1 is 1.27 bits per heavy atom. The molecule has 0 radical (unpaired) electrons. The molecule has 1 aliphatic heterocycles. The van der Waals surface area contributed by atoms with E-state index in [2.05, 4.69) is 20.4 Å². The van der Waals surface area contributed by atoms with Crippen molar-refractivity contribution in [3.63, 3.8) is 0 Å². The van der Waals surface area contributed by atoms with Gasteiger partial charge in [0, 0.05) is 49.5 Å². The number of amides is 1. The number of rotatable bonds is 3. The van der Waals surface area contributed by atoms with E-state index in [1.807, 2.05) is 19.1 Å². The number of fused-ring (bicyclic) bond motifs is 1. The molecule has 1 aliphatic rings. The van der Waals surface area contributed by atoms with Crippen LogP contribution in [-0.2, 0) is 0 Å². The predicted octanol–water partition coefficient (Wildman–Crippen LogP) is 1.44. The van der Waals surface area contributed by atoms with Gasteiger partial charge in [-0.2, -0.15) is 5.10 Å². The zero-order valence-corrected chi connectivity index (χ0v) is 14.5. The lowest BCUT2D eigenvalue weighted by atomic mass is 10.0. The number of piperidine rings is 1. The molecule has 8 nitrogen and oxygen atoms in total. The van der Waals surface area contributed by atoms with Crippen LogP contribution in [0.15, 0.2) is 41.6 Å². The second kappa shape index (κ2) is 6.62. The van der Waals surface area contributed by atoms with Crippen LogP contribution in [0.3, 0.4) is 0 Å². The van der Waals surface area contributed by atoms with Crippen LogP contribution in [0.2, 0.25) is 0 Å². The van der Waals surface area contributed by atoms with Gasteiger partial charge in [-0.3, -0.25) is 14.6 Å². The number of pyridine rings is 1. The summed E-state index contributed by atoms with van der Waals surface area (Å²) >= 11 is 0. The average molecular weight is 352 g/mol. The van der Waals surface area contributed by atoms with Crippen molar-refractivity contribution in [1.82, 2.24) is 24.5 Å². The molecule has 0 unspecified atom stereocenters. The van der Waals surface area contributed by atoms with Crippen molar-refractivity contribution in [2.45, 2.75) is 25.8 Å². The van der Waals surface area contributed by atoms with Gasteiger partial charge in [-0.05, 0) is 31.9 Å². The van der Waals surface area contributed by atoms with E-state index in [1.54, 1.807) is 27.9 Å². The van der Waals surface area contributed by atoms with Gasteiger partial charge in [0.25, 0.3) is 11.5 Å². The van der Waals surface area contributed by atoms with Gasteiger partial charge in [0.1, 0.15) is 11.2 Å². The first-order valence-corrected chi connectivity index (χ1v) is 8.65. The first kappa shape index (κ1) is 16.3. The minimum atomic E-state index is -0.376. The summed E-state index contributed by atoms with van der Waals surface area (Å²) < 4.78 is 1.54. The lowest BCUT2D eigenvalue weighted by molar-refractivity contribution is 0.0716. The average Bonchev–Trinajstić information content (AvgIpc) is 3.01. The van der Waals surface area contributed by atoms with E-state index in [1.165, 1.54) is 6.20 Å². The maximum absolute atomic E-state index is 12.8. The first-order chi connectivity index (χ1) is 12.6. The molecule has 4 rings (SSSR count).